The van der Waals surface area contributed by atoms with Crippen LogP contribution in [0.2, 0.25) is 0 Å². The molecule has 0 aliphatic rings. The Bertz CT molecular complexity index is 371. The number of rotatable bonds is 4. The van der Waals surface area contributed by atoms with E-state index in [4.69, 9.17) is 5.11 Å². The zero-order chi connectivity index (χ0) is 11.4. The molecule has 0 aromatic heterocycles. The van der Waals surface area contributed by atoms with E-state index in [0.29, 0.717) is 12.0 Å². The van der Waals surface area contributed by atoms with Crippen LogP contribution in [0.3, 0.4) is 0 Å². The van der Waals surface area contributed by atoms with E-state index in [1.807, 2.05) is 6.92 Å². The normalized spacial score (nSPS) is 10.2. The summed E-state index contributed by atoms with van der Waals surface area (Å²) in [4.78, 5) is 10.7. The van der Waals surface area contributed by atoms with Crippen LogP contribution in [-0.2, 0) is 6.42 Å². The third-order valence-electron chi connectivity index (χ3n) is 2.20. The van der Waals surface area contributed by atoms with E-state index in [9.17, 15) is 15.0 Å². The number of aryl methyl sites for hydroxylation is 1. The molecule has 0 unspecified atom stereocenters. The fraction of sp³-hybridized carbons (Fsp3) is 0.364. The summed E-state index contributed by atoms with van der Waals surface area (Å²) in [6, 6.07) is 2.45. The van der Waals surface area contributed by atoms with Crippen molar-refractivity contribution in [2.45, 2.75) is 26.2 Å². The van der Waals surface area contributed by atoms with E-state index in [1.54, 1.807) is 0 Å². The molecule has 1 rings (SSSR count). The minimum absolute atomic E-state index is 0.128. The van der Waals surface area contributed by atoms with Gasteiger partial charge in [0.2, 0.25) is 0 Å². The zero-order valence-corrected chi connectivity index (χ0v) is 8.53. The maximum absolute atomic E-state index is 10.7. The van der Waals surface area contributed by atoms with E-state index in [1.165, 1.54) is 6.07 Å². The smallest absolute Gasteiger partial charge is 0.339 e. The van der Waals surface area contributed by atoms with Crippen molar-refractivity contribution >= 4 is 5.97 Å². The molecule has 0 heterocycles. The molecule has 0 radical (unpaired) electrons. The highest BCUT2D eigenvalue weighted by Crippen LogP contribution is 2.29. The first-order chi connectivity index (χ1) is 7.06. The van der Waals surface area contributed by atoms with Gasteiger partial charge in [0.15, 0.2) is 0 Å². The number of phenols is 2. The molecule has 0 saturated carbocycles. The van der Waals surface area contributed by atoms with Gasteiger partial charge in [-0.2, -0.15) is 0 Å². The number of phenolic OH excluding ortho intramolecular Hbond substituents is 1. The second-order valence-corrected chi connectivity index (χ2v) is 3.41. The molecule has 3 N–H and O–H groups in total. The summed E-state index contributed by atoms with van der Waals surface area (Å²) in [6.07, 6.45) is 2.35. The standard InChI is InChI=1S/C11H14O4/c1-2-3-4-7-5-8(12)6-9(10(7)13)11(14)15/h5-6,12-13H,2-4H2,1H3,(H,14,15). The summed E-state index contributed by atoms with van der Waals surface area (Å²) >= 11 is 0. The third kappa shape index (κ3) is 2.62. The van der Waals surface area contributed by atoms with E-state index in [2.05, 4.69) is 0 Å². The van der Waals surface area contributed by atoms with Crippen LogP contribution in [0.25, 0.3) is 0 Å². The number of carbonyl (C=O) groups is 1. The van der Waals surface area contributed by atoms with Crippen molar-refractivity contribution in [1.82, 2.24) is 0 Å². The van der Waals surface area contributed by atoms with Crippen LogP contribution in [0.1, 0.15) is 35.7 Å². The average molecular weight is 210 g/mol. The Morgan fingerprint density at radius 2 is 2.00 bits per heavy atom. The molecule has 1 aromatic rings. The van der Waals surface area contributed by atoms with Gasteiger partial charge >= 0.3 is 5.97 Å². The van der Waals surface area contributed by atoms with Crippen molar-refractivity contribution in [2.75, 3.05) is 0 Å². The lowest BCUT2D eigenvalue weighted by Crippen LogP contribution is -1.99. The molecule has 0 spiro atoms. The summed E-state index contributed by atoms with van der Waals surface area (Å²) in [5.41, 5.74) is 0.232. The van der Waals surface area contributed by atoms with Crippen LogP contribution in [0.5, 0.6) is 11.5 Å². The highest BCUT2D eigenvalue weighted by atomic mass is 16.4. The summed E-state index contributed by atoms with van der Waals surface area (Å²) in [5.74, 6) is -1.61. The van der Waals surface area contributed by atoms with Gasteiger partial charge in [0.25, 0.3) is 0 Å². The average Bonchev–Trinajstić information content (AvgIpc) is 2.18. The van der Waals surface area contributed by atoms with E-state index < -0.39 is 5.97 Å². The highest BCUT2D eigenvalue weighted by Gasteiger charge is 2.14. The maximum atomic E-state index is 10.7. The van der Waals surface area contributed by atoms with E-state index in [-0.39, 0.29) is 17.1 Å². The van der Waals surface area contributed by atoms with Gasteiger partial charge in [-0.15, -0.1) is 0 Å². The van der Waals surface area contributed by atoms with Gasteiger partial charge in [-0.05, 0) is 30.5 Å². The molecule has 0 amide bonds. The Morgan fingerprint density at radius 3 is 2.53 bits per heavy atom. The van der Waals surface area contributed by atoms with Crippen molar-refractivity contribution < 1.29 is 20.1 Å². The van der Waals surface area contributed by atoms with Gasteiger partial charge in [-0.1, -0.05) is 13.3 Å². The van der Waals surface area contributed by atoms with Gasteiger partial charge in [-0.25, -0.2) is 4.79 Å². The molecule has 0 saturated heterocycles. The Labute approximate surface area is 87.8 Å². The van der Waals surface area contributed by atoms with Crippen LogP contribution in [0, 0.1) is 0 Å². The first-order valence-electron chi connectivity index (χ1n) is 4.84. The van der Waals surface area contributed by atoms with Crippen molar-refractivity contribution in [2.24, 2.45) is 0 Å². The molecular formula is C11H14O4. The molecule has 0 aliphatic carbocycles. The SMILES string of the molecule is CCCCc1cc(O)cc(C(=O)O)c1O. The Hall–Kier alpha value is -1.71. The number of hydrogen-bond acceptors (Lipinski definition) is 3. The van der Waals surface area contributed by atoms with Crippen LogP contribution in [0.4, 0.5) is 0 Å². The molecule has 82 valence electrons. The molecule has 15 heavy (non-hydrogen) atoms. The lowest BCUT2D eigenvalue weighted by atomic mass is 10.0. The molecule has 0 aliphatic heterocycles. The molecule has 4 heteroatoms. The Morgan fingerprint density at radius 1 is 1.33 bits per heavy atom. The highest BCUT2D eigenvalue weighted by molar-refractivity contribution is 5.91. The summed E-state index contributed by atoms with van der Waals surface area (Å²) in [7, 11) is 0. The van der Waals surface area contributed by atoms with Gasteiger partial charge in [0.1, 0.15) is 17.1 Å². The molecule has 1 aromatic carbocycles. The fourth-order valence-corrected chi connectivity index (χ4v) is 1.40. The van der Waals surface area contributed by atoms with Crippen LogP contribution >= 0.6 is 0 Å². The Kier molecular flexibility index (Phi) is 3.55. The lowest BCUT2D eigenvalue weighted by Gasteiger charge is -2.07. The minimum atomic E-state index is -1.24. The second-order valence-electron chi connectivity index (χ2n) is 3.41. The molecule has 0 atom stereocenters. The van der Waals surface area contributed by atoms with Crippen molar-refractivity contribution in [3.8, 4) is 11.5 Å². The molecule has 4 nitrogen and oxygen atoms in total. The number of carboxylic acid groups (broad SMARTS) is 1. The number of carboxylic acids is 1. The van der Waals surface area contributed by atoms with E-state index in [0.717, 1.165) is 18.9 Å². The largest absolute Gasteiger partial charge is 0.508 e. The van der Waals surface area contributed by atoms with Gasteiger partial charge < -0.3 is 15.3 Å². The number of benzene rings is 1. The minimum Gasteiger partial charge on any atom is -0.508 e. The van der Waals surface area contributed by atoms with Crippen LogP contribution < -0.4 is 0 Å². The van der Waals surface area contributed by atoms with Crippen molar-refractivity contribution in [1.29, 1.82) is 0 Å². The second kappa shape index (κ2) is 4.68. The van der Waals surface area contributed by atoms with Crippen molar-refractivity contribution in [3.63, 3.8) is 0 Å². The van der Waals surface area contributed by atoms with Gasteiger partial charge in [0, 0.05) is 0 Å². The molecule has 0 bridgehead atoms. The maximum Gasteiger partial charge on any atom is 0.339 e. The predicted octanol–water partition coefficient (Wildman–Crippen LogP) is 2.14. The quantitative estimate of drug-likeness (QED) is 0.665. The van der Waals surface area contributed by atoms with E-state index >= 15 is 0 Å². The van der Waals surface area contributed by atoms with Crippen LogP contribution in [0.15, 0.2) is 12.1 Å². The summed E-state index contributed by atoms with van der Waals surface area (Å²) in [6.45, 7) is 2.00. The first-order valence-corrected chi connectivity index (χ1v) is 4.84. The topological polar surface area (TPSA) is 77.8 Å². The van der Waals surface area contributed by atoms with Gasteiger partial charge in [-0.3, -0.25) is 0 Å². The number of aromatic hydroxyl groups is 2. The zero-order valence-electron chi connectivity index (χ0n) is 8.53. The fourth-order valence-electron chi connectivity index (χ4n) is 1.40. The summed E-state index contributed by atoms with van der Waals surface area (Å²) in [5, 5.41) is 27.7. The third-order valence-corrected chi connectivity index (χ3v) is 2.20. The van der Waals surface area contributed by atoms with Crippen molar-refractivity contribution in [3.05, 3.63) is 23.3 Å². The first kappa shape index (κ1) is 11.4. The molecular weight excluding hydrogens is 196 g/mol. The monoisotopic (exact) mass is 210 g/mol. The number of unbranched alkanes of at least 4 members (excludes halogenated alkanes) is 1. The number of hydrogen-bond donors (Lipinski definition) is 3. The predicted molar refractivity (Wildman–Crippen MR) is 55.3 cm³/mol. The molecule has 0 fully saturated rings. The number of aromatic carboxylic acids is 1. The Balaban J connectivity index is 3.10. The summed E-state index contributed by atoms with van der Waals surface area (Å²) < 4.78 is 0. The lowest BCUT2D eigenvalue weighted by molar-refractivity contribution is 0.0693. The van der Waals surface area contributed by atoms with Crippen LogP contribution in [-0.4, -0.2) is 21.3 Å². The van der Waals surface area contributed by atoms with Gasteiger partial charge in [0.05, 0.1) is 0 Å².